The molecule has 0 heterocycles. The first kappa shape index (κ1) is 15.6. The van der Waals surface area contributed by atoms with Crippen LogP contribution in [0.4, 0.5) is 0 Å². The van der Waals surface area contributed by atoms with Crippen LogP contribution in [0.5, 0.6) is 0 Å². The van der Waals surface area contributed by atoms with Crippen molar-refractivity contribution < 1.29 is 9.31 Å². The van der Waals surface area contributed by atoms with E-state index in [0.29, 0.717) is 10.0 Å². The van der Waals surface area contributed by atoms with Crippen molar-refractivity contribution >= 4 is 43.0 Å². The molecule has 2 aromatic carbocycles. The summed E-state index contributed by atoms with van der Waals surface area (Å²) in [6.45, 7) is 0. The Balaban J connectivity index is 1.67. The first-order chi connectivity index (χ1) is 10.2. The molecule has 0 fully saturated rings. The summed E-state index contributed by atoms with van der Waals surface area (Å²) in [6, 6.07) is 14.8. The van der Waals surface area contributed by atoms with Gasteiger partial charge in [0.05, 0.1) is 12.5 Å². The van der Waals surface area contributed by atoms with Crippen molar-refractivity contribution in [3.05, 3.63) is 82.2 Å². The van der Waals surface area contributed by atoms with Crippen LogP contribution in [0.2, 0.25) is 10.0 Å². The lowest BCUT2D eigenvalue weighted by molar-refractivity contribution is 0.380. The van der Waals surface area contributed by atoms with E-state index in [4.69, 9.17) is 32.5 Å². The van der Waals surface area contributed by atoms with Gasteiger partial charge in [0.25, 0.3) is 0 Å². The first-order valence-electron chi connectivity index (χ1n) is 6.21. The van der Waals surface area contributed by atoms with Crippen LogP contribution in [0.3, 0.4) is 0 Å². The van der Waals surface area contributed by atoms with Gasteiger partial charge in [0.1, 0.15) is 0 Å². The molecule has 0 spiro atoms. The van der Waals surface area contributed by atoms with Gasteiger partial charge in [0.15, 0.2) is 0 Å². The summed E-state index contributed by atoms with van der Waals surface area (Å²) < 4.78 is 10.2. The highest BCUT2D eigenvalue weighted by molar-refractivity contribution is 6.30. The predicted molar refractivity (Wildman–Crippen MR) is 88.9 cm³/mol. The molecular weight excluding hydrogens is 306 g/mol. The Bertz CT molecular complexity index is 552. The lowest BCUT2D eigenvalue weighted by Crippen LogP contribution is -1.93. The van der Waals surface area contributed by atoms with Gasteiger partial charge in [0.2, 0.25) is 0 Å². The minimum absolute atomic E-state index is 0.704. The quantitative estimate of drug-likeness (QED) is 0.414. The molecule has 2 nitrogen and oxygen atoms in total. The largest absolute Gasteiger partial charge is 0.657 e. The highest BCUT2D eigenvalue weighted by atomic mass is 35.5. The van der Waals surface area contributed by atoms with Crippen molar-refractivity contribution in [2.75, 3.05) is 0 Å². The number of benzene rings is 2. The van der Waals surface area contributed by atoms with Gasteiger partial charge in [-0.15, -0.1) is 0 Å². The normalized spacial score (nSPS) is 11.0. The van der Waals surface area contributed by atoms with Crippen molar-refractivity contribution in [1.29, 1.82) is 0 Å². The molecule has 2 aromatic rings. The third-order valence-corrected chi connectivity index (χ3v) is 3.03. The van der Waals surface area contributed by atoms with E-state index in [9.17, 15) is 0 Å². The van der Waals surface area contributed by atoms with Gasteiger partial charge in [-0.25, -0.2) is 0 Å². The molecule has 21 heavy (non-hydrogen) atoms. The average molecular weight is 318 g/mol. The first-order valence-corrected chi connectivity index (χ1v) is 6.96. The lowest BCUT2D eigenvalue weighted by atomic mass is 10.2. The second-order valence-corrected chi connectivity index (χ2v) is 4.95. The number of hydrogen-bond acceptors (Lipinski definition) is 2. The Morgan fingerprint density at radius 2 is 1.05 bits per heavy atom. The van der Waals surface area contributed by atoms with Crippen molar-refractivity contribution in [2.45, 2.75) is 0 Å². The van der Waals surface area contributed by atoms with Crippen LogP contribution < -0.4 is 0 Å². The van der Waals surface area contributed by atoms with Gasteiger partial charge in [-0.3, -0.25) is 0 Å². The maximum atomic E-state index is 5.79. The summed E-state index contributed by atoms with van der Waals surface area (Å²) in [5, 5.41) is 1.41. The summed E-state index contributed by atoms with van der Waals surface area (Å²) in [7, 11) is 1.23. The third-order valence-electron chi connectivity index (χ3n) is 2.53. The lowest BCUT2D eigenvalue weighted by Gasteiger charge is -1.98. The van der Waals surface area contributed by atoms with E-state index in [1.807, 2.05) is 48.5 Å². The Morgan fingerprint density at radius 1 is 0.667 bits per heavy atom. The molecule has 0 aliphatic heterocycles. The summed E-state index contributed by atoms with van der Waals surface area (Å²) in [5.74, 6) is 0. The maximum absolute atomic E-state index is 5.79. The molecule has 0 unspecified atom stereocenters. The van der Waals surface area contributed by atoms with Crippen molar-refractivity contribution in [2.24, 2.45) is 0 Å². The summed E-state index contributed by atoms with van der Waals surface area (Å²) in [6.07, 6.45) is 6.66. The van der Waals surface area contributed by atoms with E-state index in [2.05, 4.69) is 0 Å². The van der Waals surface area contributed by atoms with Crippen LogP contribution in [-0.2, 0) is 9.31 Å². The number of rotatable bonds is 6. The molecule has 0 aromatic heterocycles. The fourth-order valence-corrected chi connectivity index (χ4v) is 1.73. The van der Waals surface area contributed by atoms with E-state index in [1.165, 1.54) is 20.2 Å². The van der Waals surface area contributed by atoms with E-state index >= 15 is 0 Å². The van der Waals surface area contributed by atoms with E-state index in [0.717, 1.165) is 11.1 Å². The van der Waals surface area contributed by atoms with Gasteiger partial charge >= 0.3 is 7.69 Å². The summed E-state index contributed by atoms with van der Waals surface area (Å²) >= 11 is 11.6. The van der Waals surface area contributed by atoms with Crippen LogP contribution in [0.25, 0.3) is 12.2 Å². The van der Waals surface area contributed by atoms with Crippen molar-refractivity contribution in [3.8, 4) is 0 Å². The zero-order valence-electron chi connectivity index (χ0n) is 11.1. The zero-order chi connectivity index (χ0) is 14.9. The van der Waals surface area contributed by atoms with Gasteiger partial charge in [-0.1, -0.05) is 47.5 Å². The molecule has 2 rings (SSSR count). The molecule has 0 bridgehead atoms. The molecule has 0 aliphatic carbocycles. The minimum atomic E-state index is 0.704. The van der Waals surface area contributed by atoms with Crippen molar-refractivity contribution in [1.82, 2.24) is 0 Å². The molecule has 0 N–H and O–H groups in total. The van der Waals surface area contributed by atoms with Crippen LogP contribution >= 0.6 is 23.2 Å². The monoisotopic (exact) mass is 317 g/mol. The molecule has 0 aliphatic rings. The molecule has 105 valence electrons. The van der Waals surface area contributed by atoms with Gasteiger partial charge in [-0.05, 0) is 47.5 Å². The second-order valence-electron chi connectivity index (χ2n) is 4.08. The highest BCUT2D eigenvalue weighted by Gasteiger charge is 1.92. The molecule has 0 atom stereocenters. The highest BCUT2D eigenvalue weighted by Crippen LogP contribution is 2.11. The molecule has 0 saturated carbocycles. The fourth-order valence-electron chi connectivity index (χ4n) is 1.48. The van der Waals surface area contributed by atoms with Gasteiger partial charge in [-0.2, -0.15) is 0 Å². The Hall–Kier alpha value is -1.84. The smallest absolute Gasteiger partial charge is 0.532 e. The summed E-state index contributed by atoms with van der Waals surface area (Å²) in [5.41, 5.74) is 1.98. The Labute approximate surface area is 134 Å². The Morgan fingerprint density at radius 3 is 1.43 bits per heavy atom. The van der Waals surface area contributed by atoms with Crippen LogP contribution in [0, 0.1) is 0 Å². The SMILES string of the molecule is Clc1ccc(C=CO[B]OC=Cc2ccc(Cl)cc2)cc1. The number of hydrogen-bond donors (Lipinski definition) is 0. The zero-order valence-corrected chi connectivity index (χ0v) is 12.6. The minimum Gasteiger partial charge on any atom is -0.532 e. The van der Waals surface area contributed by atoms with E-state index in [1.54, 1.807) is 12.2 Å². The molecular formula is C16H12BCl2O2. The van der Waals surface area contributed by atoms with E-state index in [-0.39, 0.29) is 0 Å². The Kier molecular flexibility index (Phi) is 6.26. The topological polar surface area (TPSA) is 18.5 Å². The summed E-state index contributed by atoms with van der Waals surface area (Å²) in [4.78, 5) is 0. The number of halogens is 2. The standard InChI is InChI=1S/C16H12BCl2O2/c18-15-5-1-13(2-6-15)9-11-20-17-21-12-10-14-3-7-16(19)8-4-14/h1-12H. The average Bonchev–Trinajstić information content (AvgIpc) is 2.50. The third kappa shape index (κ3) is 5.98. The van der Waals surface area contributed by atoms with Gasteiger partial charge in [0, 0.05) is 10.0 Å². The van der Waals surface area contributed by atoms with Crippen LogP contribution in [-0.4, -0.2) is 7.69 Å². The second kappa shape index (κ2) is 8.45. The fraction of sp³-hybridized carbons (Fsp3) is 0. The van der Waals surface area contributed by atoms with Crippen LogP contribution in [0.15, 0.2) is 61.1 Å². The molecule has 0 amide bonds. The van der Waals surface area contributed by atoms with Crippen LogP contribution in [0.1, 0.15) is 11.1 Å². The molecule has 1 radical (unpaired) electrons. The predicted octanol–water partition coefficient (Wildman–Crippen LogP) is 5.20. The maximum Gasteiger partial charge on any atom is 0.657 e. The molecule has 0 saturated heterocycles. The molecule has 5 heteroatoms. The van der Waals surface area contributed by atoms with E-state index < -0.39 is 0 Å². The van der Waals surface area contributed by atoms with Crippen molar-refractivity contribution in [3.63, 3.8) is 0 Å². The van der Waals surface area contributed by atoms with Gasteiger partial charge < -0.3 is 9.31 Å².